The van der Waals surface area contributed by atoms with Crippen molar-refractivity contribution in [3.63, 3.8) is 0 Å². The van der Waals surface area contributed by atoms with Crippen molar-refractivity contribution in [1.82, 2.24) is 15.1 Å². The predicted molar refractivity (Wildman–Crippen MR) is 104 cm³/mol. The molecule has 0 spiro atoms. The van der Waals surface area contributed by atoms with Gasteiger partial charge in [-0.25, -0.2) is 0 Å². The number of hydrogen-bond donors (Lipinski definition) is 2. The first-order chi connectivity index (χ1) is 13.1. The van der Waals surface area contributed by atoms with Gasteiger partial charge in [-0.15, -0.1) is 0 Å². The van der Waals surface area contributed by atoms with E-state index >= 15 is 0 Å². The van der Waals surface area contributed by atoms with Gasteiger partial charge in [-0.1, -0.05) is 51.2 Å². The maximum absolute atomic E-state index is 12.4. The first-order valence-electron chi connectivity index (χ1n) is 9.33. The van der Waals surface area contributed by atoms with Crippen molar-refractivity contribution in [1.29, 1.82) is 0 Å². The van der Waals surface area contributed by atoms with Crippen LogP contribution in [0, 0.1) is 0 Å². The summed E-state index contributed by atoms with van der Waals surface area (Å²) in [6.07, 6.45) is 6.68. The van der Waals surface area contributed by atoms with E-state index in [9.17, 15) is 14.7 Å². The second-order valence-electron chi connectivity index (χ2n) is 6.32. The van der Waals surface area contributed by atoms with Gasteiger partial charge in [-0.05, 0) is 18.6 Å². The van der Waals surface area contributed by atoms with Crippen LogP contribution in [0.15, 0.2) is 35.1 Å². The minimum atomic E-state index is -0.551. The van der Waals surface area contributed by atoms with E-state index in [1.54, 1.807) is 24.3 Å². The molecule has 7 heteroatoms. The number of aromatic nitrogens is 2. The fourth-order valence-electron chi connectivity index (χ4n) is 2.78. The molecule has 0 aliphatic rings. The molecule has 2 rings (SSSR count). The van der Waals surface area contributed by atoms with Gasteiger partial charge in [0, 0.05) is 12.6 Å². The number of carbonyl (C=O) groups is 1. The van der Waals surface area contributed by atoms with E-state index in [4.69, 9.17) is 4.74 Å². The average Bonchev–Trinajstić information content (AvgIpc) is 2.67. The molecule has 1 aromatic carbocycles. The van der Waals surface area contributed by atoms with Crippen LogP contribution in [0.3, 0.4) is 0 Å². The van der Waals surface area contributed by atoms with Crippen molar-refractivity contribution in [3.8, 4) is 17.2 Å². The van der Waals surface area contributed by atoms with Crippen molar-refractivity contribution in [3.05, 3.63) is 46.4 Å². The van der Waals surface area contributed by atoms with Crippen molar-refractivity contribution < 1.29 is 14.6 Å². The Morgan fingerprint density at radius 2 is 1.89 bits per heavy atom. The first-order valence-corrected chi connectivity index (χ1v) is 9.33. The zero-order chi connectivity index (χ0) is 19.6. The van der Waals surface area contributed by atoms with Gasteiger partial charge in [-0.2, -0.15) is 9.78 Å². The molecule has 27 heavy (non-hydrogen) atoms. The Morgan fingerprint density at radius 1 is 1.19 bits per heavy atom. The number of rotatable bonds is 10. The van der Waals surface area contributed by atoms with Gasteiger partial charge < -0.3 is 15.2 Å². The van der Waals surface area contributed by atoms with Gasteiger partial charge in [0.15, 0.2) is 11.4 Å². The summed E-state index contributed by atoms with van der Waals surface area (Å²) >= 11 is 0. The third-order valence-electron chi connectivity index (χ3n) is 4.26. The molecule has 1 heterocycles. The Hall–Kier alpha value is -2.83. The molecular formula is C20H27N3O4. The normalized spacial score (nSPS) is 10.6. The highest BCUT2D eigenvalue weighted by molar-refractivity contribution is 5.94. The molecule has 1 aromatic heterocycles. The maximum Gasteiger partial charge on any atom is 0.275 e. The number of ether oxygens (including phenoxy) is 1. The molecule has 0 aliphatic carbocycles. The summed E-state index contributed by atoms with van der Waals surface area (Å²) in [7, 11) is 1.48. The van der Waals surface area contributed by atoms with Crippen LogP contribution in [0.4, 0.5) is 0 Å². The standard InChI is InChI=1S/C20H27N3O4/c1-3-4-5-6-7-10-13-21-20(26)19-16(24)14-18(25)23(22-19)15-11-8-9-12-17(15)27-2/h8-9,11-12,14,24H,3-7,10,13H2,1-2H3,(H,21,26). The number of amides is 1. The van der Waals surface area contributed by atoms with Gasteiger partial charge in [0.05, 0.1) is 7.11 Å². The molecule has 0 atom stereocenters. The largest absolute Gasteiger partial charge is 0.505 e. The lowest BCUT2D eigenvalue weighted by molar-refractivity contribution is 0.0943. The average molecular weight is 373 g/mol. The fourth-order valence-corrected chi connectivity index (χ4v) is 2.78. The number of hydrogen-bond acceptors (Lipinski definition) is 5. The summed E-state index contributed by atoms with van der Waals surface area (Å²) in [5.41, 5.74) is -0.342. The maximum atomic E-state index is 12.4. The van der Waals surface area contributed by atoms with Gasteiger partial charge in [0.2, 0.25) is 0 Å². The second-order valence-corrected chi connectivity index (χ2v) is 6.32. The molecule has 0 aliphatic heterocycles. The minimum absolute atomic E-state index is 0.188. The third kappa shape index (κ3) is 5.57. The van der Waals surface area contributed by atoms with Crippen LogP contribution in [0.25, 0.3) is 5.69 Å². The van der Waals surface area contributed by atoms with E-state index in [1.165, 1.54) is 26.4 Å². The van der Waals surface area contributed by atoms with Gasteiger partial charge >= 0.3 is 0 Å². The topological polar surface area (TPSA) is 93.5 Å². The summed E-state index contributed by atoms with van der Waals surface area (Å²) in [6, 6.07) is 7.83. The molecular weight excluding hydrogens is 346 g/mol. The number of nitrogens with zero attached hydrogens (tertiary/aromatic N) is 2. The van der Waals surface area contributed by atoms with Crippen LogP contribution in [-0.2, 0) is 0 Å². The number of aromatic hydroxyl groups is 1. The van der Waals surface area contributed by atoms with Crippen molar-refractivity contribution in [2.24, 2.45) is 0 Å². The van der Waals surface area contributed by atoms with E-state index < -0.39 is 17.2 Å². The molecule has 0 radical (unpaired) electrons. The van der Waals surface area contributed by atoms with E-state index in [0.717, 1.165) is 30.0 Å². The summed E-state index contributed by atoms with van der Waals surface area (Å²) < 4.78 is 6.30. The van der Waals surface area contributed by atoms with Crippen LogP contribution in [0.5, 0.6) is 11.5 Å². The van der Waals surface area contributed by atoms with Gasteiger partial charge in [0.25, 0.3) is 11.5 Å². The Balaban J connectivity index is 2.09. The van der Waals surface area contributed by atoms with Gasteiger partial charge in [0.1, 0.15) is 11.4 Å². The highest BCUT2D eigenvalue weighted by Gasteiger charge is 2.17. The van der Waals surface area contributed by atoms with E-state index in [1.807, 2.05) is 0 Å². The molecule has 1 amide bonds. The molecule has 2 N–H and O–H groups in total. The van der Waals surface area contributed by atoms with Crippen molar-refractivity contribution in [2.75, 3.05) is 13.7 Å². The number of unbranched alkanes of at least 4 members (excludes halogenated alkanes) is 5. The Morgan fingerprint density at radius 3 is 2.63 bits per heavy atom. The van der Waals surface area contributed by atoms with E-state index in [2.05, 4.69) is 17.3 Å². The summed E-state index contributed by atoms with van der Waals surface area (Å²) in [4.78, 5) is 24.6. The molecule has 0 saturated heterocycles. The number of methoxy groups -OCH3 is 1. The highest BCUT2D eigenvalue weighted by Crippen LogP contribution is 2.21. The van der Waals surface area contributed by atoms with Gasteiger partial charge in [-0.3, -0.25) is 9.59 Å². The Labute approximate surface area is 159 Å². The zero-order valence-corrected chi connectivity index (χ0v) is 15.9. The lowest BCUT2D eigenvalue weighted by atomic mass is 10.1. The summed E-state index contributed by atoms with van der Waals surface area (Å²) in [5.74, 6) is -0.507. The lowest BCUT2D eigenvalue weighted by Gasteiger charge is -2.12. The molecule has 0 saturated carbocycles. The SMILES string of the molecule is CCCCCCCCNC(=O)c1nn(-c2ccccc2OC)c(=O)cc1O. The quantitative estimate of drug-likeness (QED) is 0.625. The van der Waals surface area contributed by atoms with E-state index in [-0.39, 0.29) is 5.69 Å². The molecule has 0 unspecified atom stereocenters. The van der Waals surface area contributed by atoms with Crippen LogP contribution < -0.4 is 15.6 Å². The summed E-state index contributed by atoms with van der Waals surface area (Å²) in [6.45, 7) is 2.67. The second kappa shape index (κ2) is 10.4. The summed E-state index contributed by atoms with van der Waals surface area (Å²) in [5, 5.41) is 16.8. The minimum Gasteiger partial charge on any atom is -0.505 e. The smallest absolute Gasteiger partial charge is 0.275 e. The Kier molecular flexibility index (Phi) is 7.85. The van der Waals surface area contributed by atoms with Crippen LogP contribution in [0.2, 0.25) is 0 Å². The van der Waals surface area contributed by atoms with Crippen LogP contribution >= 0.6 is 0 Å². The Bertz CT molecular complexity index is 817. The molecule has 7 nitrogen and oxygen atoms in total. The number of nitrogens with one attached hydrogen (secondary N) is 1. The third-order valence-corrected chi connectivity index (χ3v) is 4.26. The first kappa shape index (κ1) is 20.5. The predicted octanol–water partition coefficient (Wildman–Crippen LogP) is 3.04. The van der Waals surface area contributed by atoms with Crippen molar-refractivity contribution >= 4 is 5.91 Å². The number of carbonyl (C=O) groups excluding carboxylic acids is 1. The van der Waals surface area contributed by atoms with Crippen LogP contribution in [0.1, 0.15) is 55.9 Å². The molecule has 146 valence electrons. The lowest BCUT2D eigenvalue weighted by Crippen LogP contribution is -2.30. The monoisotopic (exact) mass is 373 g/mol. The molecule has 0 fully saturated rings. The number of benzene rings is 1. The zero-order valence-electron chi connectivity index (χ0n) is 15.9. The molecule has 0 bridgehead atoms. The van der Waals surface area contributed by atoms with Crippen molar-refractivity contribution in [2.45, 2.75) is 45.4 Å². The molecule has 2 aromatic rings. The highest BCUT2D eigenvalue weighted by atomic mass is 16.5. The van der Waals surface area contributed by atoms with Crippen LogP contribution in [-0.4, -0.2) is 34.4 Å². The van der Waals surface area contributed by atoms with E-state index in [0.29, 0.717) is 18.0 Å². The number of para-hydroxylation sites is 2. The fraction of sp³-hybridized carbons (Fsp3) is 0.450.